The van der Waals surface area contributed by atoms with Gasteiger partial charge in [-0.25, -0.2) is 0 Å². The third-order valence-corrected chi connectivity index (χ3v) is 5.34. The molecular formula is C17H32N2O2. The lowest BCUT2D eigenvalue weighted by molar-refractivity contribution is -0.151. The first kappa shape index (κ1) is 16.8. The van der Waals surface area contributed by atoms with Gasteiger partial charge in [-0.2, -0.15) is 0 Å². The van der Waals surface area contributed by atoms with Crippen molar-refractivity contribution in [3.8, 4) is 0 Å². The first-order valence-electron chi connectivity index (χ1n) is 8.59. The van der Waals surface area contributed by atoms with Gasteiger partial charge in [0.2, 0.25) is 0 Å². The Labute approximate surface area is 129 Å². The highest BCUT2D eigenvalue weighted by Gasteiger charge is 2.47. The first-order chi connectivity index (χ1) is 9.92. The molecule has 21 heavy (non-hydrogen) atoms. The number of nitrogens with zero attached hydrogens (tertiary/aromatic N) is 1. The molecule has 122 valence electrons. The fourth-order valence-electron chi connectivity index (χ4n) is 3.85. The lowest BCUT2D eigenvalue weighted by Crippen LogP contribution is -2.52. The van der Waals surface area contributed by atoms with E-state index in [1.165, 1.54) is 25.9 Å². The number of nitrogens with one attached hydrogen (secondary N) is 1. The zero-order valence-electron chi connectivity index (χ0n) is 14.2. The quantitative estimate of drug-likeness (QED) is 0.792. The van der Waals surface area contributed by atoms with Crippen LogP contribution in [0.1, 0.15) is 59.8 Å². The second-order valence-corrected chi connectivity index (χ2v) is 7.43. The van der Waals surface area contributed by atoms with Crippen LogP contribution in [-0.2, 0) is 9.53 Å². The third-order valence-electron chi connectivity index (χ3n) is 5.34. The molecule has 2 atom stereocenters. The van der Waals surface area contributed by atoms with Gasteiger partial charge in [0, 0.05) is 6.04 Å². The van der Waals surface area contributed by atoms with Gasteiger partial charge in [0.05, 0.1) is 6.61 Å². The van der Waals surface area contributed by atoms with Crippen molar-refractivity contribution in [2.75, 3.05) is 26.2 Å². The van der Waals surface area contributed by atoms with E-state index in [1.807, 2.05) is 6.92 Å². The molecule has 2 aliphatic rings. The van der Waals surface area contributed by atoms with Gasteiger partial charge in [0.25, 0.3) is 0 Å². The monoisotopic (exact) mass is 296 g/mol. The smallest absolute Gasteiger partial charge is 0.326 e. The number of hydrogen-bond donors (Lipinski definition) is 1. The summed E-state index contributed by atoms with van der Waals surface area (Å²) < 4.78 is 5.33. The number of likely N-dealkylation sites (N-methyl/N-ethyl adjacent to an activating group) is 1. The summed E-state index contributed by atoms with van der Waals surface area (Å²) in [6.45, 7) is 12.3. The number of piperidine rings is 1. The van der Waals surface area contributed by atoms with Crippen molar-refractivity contribution >= 4 is 5.97 Å². The Balaban J connectivity index is 1.98. The van der Waals surface area contributed by atoms with Crippen LogP contribution in [0.25, 0.3) is 0 Å². The molecule has 0 aromatic rings. The molecule has 0 aromatic heterocycles. The van der Waals surface area contributed by atoms with Crippen molar-refractivity contribution in [1.29, 1.82) is 0 Å². The first-order valence-corrected chi connectivity index (χ1v) is 8.59. The van der Waals surface area contributed by atoms with E-state index in [9.17, 15) is 4.79 Å². The molecule has 1 aliphatic heterocycles. The Morgan fingerprint density at radius 1 is 1.24 bits per heavy atom. The normalized spacial score (nSPS) is 33.0. The van der Waals surface area contributed by atoms with E-state index in [1.54, 1.807) is 0 Å². The maximum Gasteiger partial charge on any atom is 0.326 e. The minimum atomic E-state index is -0.442. The minimum absolute atomic E-state index is 0.0494. The standard InChI is InChI=1S/C17H32N2O2/c1-5-18-17(15(20)21-6-2)8-7-14(13-17)19-11-9-16(3,4)10-12-19/h14,18H,5-13H2,1-4H3. The van der Waals surface area contributed by atoms with E-state index in [-0.39, 0.29) is 5.97 Å². The van der Waals surface area contributed by atoms with Crippen LogP contribution in [0.4, 0.5) is 0 Å². The van der Waals surface area contributed by atoms with Crippen LogP contribution >= 0.6 is 0 Å². The largest absolute Gasteiger partial charge is 0.465 e. The van der Waals surface area contributed by atoms with E-state index in [0.29, 0.717) is 18.1 Å². The maximum atomic E-state index is 12.4. The Bertz CT molecular complexity index is 360. The molecule has 1 saturated carbocycles. The zero-order chi connectivity index (χ0) is 15.5. The number of ether oxygens (including phenoxy) is 1. The summed E-state index contributed by atoms with van der Waals surface area (Å²) in [6, 6.07) is 0.532. The van der Waals surface area contributed by atoms with Crippen LogP contribution in [-0.4, -0.2) is 48.7 Å². The van der Waals surface area contributed by atoms with Crippen molar-refractivity contribution in [2.45, 2.75) is 71.4 Å². The van der Waals surface area contributed by atoms with E-state index < -0.39 is 5.54 Å². The van der Waals surface area contributed by atoms with Gasteiger partial charge in [0.1, 0.15) is 5.54 Å². The van der Waals surface area contributed by atoms with Gasteiger partial charge in [-0.3, -0.25) is 4.79 Å². The predicted molar refractivity (Wildman–Crippen MR) is 85.3 cm³/mol. The molecule has 0 aromatic carbocycles. The average Bonchev–Trinajstić information content (AvgIpc) is 2.85. The van der Waals surface area contributed by atoms with Crippen LogP contribution in [0.2, 0.25) is 0 Å². The maximum absolute atomic E-state index is 12.4. The van der Waals surface area contributed by atoms with Gasteiger partial charge in [-0.05, 0) is 64.1 Å². The molecule has 4 heteroatoms. The molecule has 2 fully saturated rings. The summed E-state index contributed by atoms with van der Waals surface area (Å²) in [5, 5.41) is 3.43. The highest BCUT2D eigenvalue weighted by Crippen LogP contribution is 2.38. The average molecular weight is 296 g/mol. The molecule has 1 N–H and O–H groups in total. The molecule has 1 aliphatic carbocycles. The second kappa shape index (κ2) is 6.66. The molecule has 2 rings (SSSR count). The van der Waals surface area contributed by atoms with E-state index in [4.69, 9.17) is 4.74 Å². The summed E-state index contributed by atoms with van der Waals surface area (Å²) in [7, 11) is 0. The van der Waals surface area contributed by atoms with Crippen molar-refractivity contribution in [1.82, 2.24) is 10.2 Å². The molecule has 0 spiro atoms. The number of carbonyl (C=O) groups is 1. The molecule has 0 amide bonds. The molecule has 2 unspecified atom stereocenters. The Morgan fingerprint density at radius 2 is 1.90 bits per heavy atom. The minimum Gasteiger partial charge on any atom is -0.465 e. The molecule has 1 heterocycles. The lowest BCUT2D eigenvalue weighted by Gasteiger charge is -2.40. The van der Waals surface area contributed by atoms with Crippen molar-refractivity contribution < 1.29 is 9.53 Å². The summed E-state index contributed by atoms with van der Waals surface area (Å²) >= 11 is 0. The Morgan fingerprint density at radius 3 is 2.48 bits per heavy atom. The SMILES string of the molecule is CCNC1(C(=O)OCC)CCC(N2CCC(C)(C)CC2)C1. The molecular weight excluding hydrogens is 264 g/mol. The second-order valence-electron chi connectivity index (χ2n) is 7.43. The van der Waals surface area contributed by atoms with Crippen molar-refractivity contribution in [3.63, 3.8) is 0 Å². The summed E-state index contributed by atoms with van der Waals surface area (Å²) in [5.74, 6) is -0.0494. The summed E-state index contributed by atoms with van der Waals surface area (Å²) in [5.41, 5.74) is 0.0391. The van der Waals surface area contributed by atoms with E-state index in [2.05, 4.69) is 31.0 Å². The molecule has 0 bridgehead atoms. The van der Waals surface area contributed by atoms with Gasteiger partial charge in [0.15, 0.2) is 0 Å². The number of likely N-dealkylation sites (tertiary alicyclic amines) is 1. The van der Waals surface area contributed by atoms with Crippen LogP contribution in [0.3, 0.4) is 0 Å². The number of rotatable bonds is 5. The fraction of sp³-hybridized carbons (Fsp3) is 0.941. The molecule has 1 saturated heterocycles. The van der Waals surface area contributed by atoms with Crippen LogP contribution in [0.15, 0.2) is 0 Å². The Hall–Kier alpha value is -0.610. The van der Waals surface area contributed by atoms with Gasteiger partial charge in [-0.15, -0.1) is 0 Å². The van der Waals surface area contributed by atoms with Crippen LogP contribution in [0.5, 0.6) is 0 Å². The van der Waals surface area contributed by atoms with E-state index >= 15 is 0 Å². The number of carbonyl (C=O) groups excluding carboxylic acids is 1. The van der Waals surface area contributed by atoms with Crippen molar-refractivity contribution in [3.05, 3.63) is 0 Å². The van der Waals surface area contributed by atoms with E-state index in [0.717, 1.165) is 25.8 Å². The van der Waals surface area contributed by atoms with Gasteiger partial charge < -0.3 is 15.0 Å². The molecule has 0 radical (unpaired) electrons. The molecule has 4 nitrogen and oxygen atoms in total. The van der Waals surface area contributed by atoms with Crippen LogP contribution < -0.4 is 5.32 Å². The highest BCUT2D eigenvalue weighted by molar-refractivity contribution is 5.81. The lowest BCUT2D eigenvalue weighted by atomic mass is 9.82. The fourth-order valence-corrected chi connectivity index (χ4v) is 3.85. The third kappa shape index (κ3) is 3.78. The number of esters is 1. The summed E-state index contributed by atoms with van der Waals surface area (Å²) in [6.07, 6.45) is 5.44. The van der Waals surface area contributed by atoms with Crippen molar-refractivity contribution in [2.24, 2.45) is 5.41 Å². The zero-order valence-corrected chi connectivity index (χ0v) is 14.2. The van der Waals surface area contributed by atoms with Gasteiger partial charge >= 0.3 is 5.97 Å². The number of hydrogen-bond acceptors (Lipinski definition) is 4. The van der Waals surface area contributed by atoms with Crippen LogP contribution in [0, 0.1) is 5.41 Å². The van der Waals surface area contributed by atoms with Gasteiger partial charge in [-0.1, -0.05) is 20.8 Å². The topological polar surface area (TPSA) is 41.6 Å². The Kier molecular flexibility index (Phi) is 5.31. The summed E-state index contributed by atoms with van der Waals surface area (Å²) in [4.78, 5) is 15.0. The predicted octanol–water partition coefficient (Wildman–Crippen LogP) is 2.57. The highest BCUT2D eigenvalue weighted by atomic mass is 16.5.